The number of anilines is 1. The lowest BCUT2D eigenvalue weighted by Crippen LogP contribution is -2.23. The van der Waals surface area contributed by atoms with E-state index in [2.05, 4.69) is 5.32 Å². The molecule has 0 saturated heterocycles. The Hall–Kier alpha value is -2.50. The van der Waals surface area contributed by atoms with Crippen molar-refractivity contribution in [2.45, 2.75) is 13.8 Å². The second kappa shape index (κ2) is 6.78. The minimum atomic E-state index is -0.717. The van der Waals surface area contributed by atoms with Crippen LogP contribution < -0.4 is 5.32 Å². The minimum absolute atomic E-state index is 0.0274. The molecule has 0 spiro atoms. The first-order chi connectivity index (χ1) is 10.0. The lowest BCUT2D eigenvalue weighted by atomic mass is 10.1. The van der Waals surface area contributed by atoms with E-state index in [1.54, 1.807) is 0 Å². The fourth-order valence-electron chi connectivity index (χ4n) is 1.92. The van der Waals surface area contributed by atoms with Crippen molar-refractivity contribution in [1.82, 2.24) is 0 Å². The van der Waals surface area contributed by atoms with Gasteiger partial charge in [0.1, 0.15) is 19.5 Å². The van der Waals surface area contributed by atoms with Crippen LogP contribution in [-0.4, -0.2) is 31.7 Å². The number of ether oxygens (including phenoxy) is 3. The molecule has 1 aliphatic rings. The number of hydrogen-bond donors (Lipinski definition) is 1. The highest BCUT2D eigenvalue weighted by Gasteiger charge is 2.17. The van der Waals surface area contributed by atoms with Gasteiger partial charge < -0.3 is 19.5 Å². The predicted molar refractivity (Wildman–Crippen MR) is 75.5 cm³/mol. The molecular weight excluding hydrogens is 274 g/mol. The lowest BCUT2D eigenvalue weighted by Gasteiger charge is -2.14. The largest absolute Gasteiger partial charge is 0.493 e. The molecule has 0 atom stereocenters. The molecule has 0 aliphatic carbocycles. The SMILES string of the molecule is Cc1cc(C)cc(NC(=O)COC(=O)C2=COCCO2)c1. The smallest absolute Gasteiger partial charge is 0.377 e. The van der Waals surface area contributed by atoms with Crippen LogP contribution in [-0.2, 0) is 23.8 Å². The molecule has 1 heterocycles. The van der Waals surface area contributed by atoms with E-state index in [4.69, 9.17) is 14.2 Å². The molecule has 0 radical (unpaired) electrons. The second-order valence-corrected chi connectivity index (χ2v) is 4.70. The van der Waals surface area contributed by atoms with Gasteiger partial charge in [-0.1, -0.05) is 6.07 Å². The molecule has 0 aromatic heterocycles. The van der Waals surface area contributed by atoms with E-state index >= 15 is 0 Å². The second-order valence-electron chi connectivity index (χ2n) is 4.70. The van der Waals surface area contributed by atoms with Gasteiger partial charge in [-0.15, -0.1) is 0 Å². The molecule has 0 saturated carbocycles. The van der Waals surface area contributed by atoms with E-state index in [-0.39, 0.29) is 19.0 Å². The highest BCUT2D eigenvalue weighted by atomic mass is 16.6. The van der Waals surface area contributed by atoms with E-state index in [9.17, 15) is 9.59 Å². The average molecular weight is 291 g/mol. The van der Waals surface area contributed by atoms with Gasteiger partial charge in [0.05, 0.1) is 0 Å². The van der Waals surface area contributed by atoms with Gasteiger partial charge in [-0.2, -0.15) is 0 Å². The number of hydrogen-bond acceptors (Lipinski definition) is 5. The van der Waals surface area contributed by atoms with Crippen LogP contribution in [0.15, 0.2) is 30.2 Å². The third-order valence-electron chi connectivity index (χ3n) is 2.69. The average Bonchev–Trinajstić information content (AvgIpc) is 2.44. The Bertz CT molecular complexity index is 559. The Kier molecular flexibility index (Phi) is 4.81. The van der Waals surface area contributed by atoms with Crippen LogP contribution in [0.1, 0.15) is 11.1 Å². The van der Waals surface area contributed by atoms with E-state index < -0.39 is 11.9 Å². The topological polar surface area (TPSA) is 73.9 Å². The monoisotopic (exact) mass is 291 g/mol. The highest BCUT2D eigenvalue weighted by Crippen LogP contribution is 2.13. The first-order valence-electron chi connectivity index (χ1n) is 6.54. The summed E-state index contributed by atoms with van der Waals surface area (Å²) < 4.78 is 14.8. The summed E-state index contributed by atoms with van der Waals surface area (Å²) in [6.07, 6.45) is 1.19. The molecular formula is C15H17NO5. The van der Waals surface area contributed by atoms with E-state index in [1.807, 2.05) is 32.0 Å². The summed E-state index contributed by atoms with van der Waals surface area (Å²) in [6.45, 7) is 4.18. The third-order valence-corrected chi connectivity index (χ3v) is 2.69. The fraction of sp³-hybridized carbons (Fsp3) is 0.333. The van der Waals surface area contributed by atoms with E-state index in [0.29, 0.717) is 12.3 Å². The van der Waals surface area contributed by atoms with E-state index in [1.165, 1.54) is 6.26 Å². The summed E-state index contributed by atoms with van der Waals surface area (Å²) in [7, 11) is 0. The van der Waals surface area contributed by atoms with Gasteiger partial charge in [0.2, 0.25) is 5.76 Å². The van der Waals surface area contributed by atoms with Gasteiger partial charge in [-0.25, -0.2) is 4.79 Å². The van der Waals surface area contributed by atoms with Gasteiger partial charge in [0, 0.05) is 5.69 Å². The Morgan fingerprint density at radius 3 is 2.52 bits per heavy atom. The standard InChI is InChI=1S/C15H17NO5/c1-10-5-11(2)7-12(6-10)16-14(17)9-21-15(18)13-8-19-3-4-20-13/h5-8H,3-4,9H2,1-2H3,(H,16,17). The van der Waals surface area contributed by atoms with Crippen molar-refractivity contribution < 1.29 is 23.8 Å². The van der Waals surface area contributed by atoms with Crippen LogP contribution >= 0.6 is 0 Å². The molecule has 1 aliphatic heterocycles. The van der Waals surface area contributed by atoms with Crippen LogP contribution in [0.2, 0.25) is 0 Å². The maximum Gasteiger partial charge on any atom is 0.377 e. The molecule has 21 heavy (non-hydrogen) atoms. The molecule has 0 fully saturated rings. The maximum atomic E-state index is 11.7. The normalized spacial score (nSPS) is 13.5. The number of carbonyl (C=O) groups excluding carboxylic acids is 2. The number of amides is 1. The van der Waals surface area contributed by atoms with Crippen molar-refractivity contribution in [3.63, 3.8) is 0 Å². The fourth-order valence-corrected chi connectivity index (χ4v) is 1.92. The number of nitrogens with one attached hydrogen (secondary N) is 1. The third kappa shape index (κ3) is 4.52. The van der Waals surface area contributed by atoms with Crippen molar-refractivity contribution >= 4 is 17.6 Å². The first-order valence-corrected chi connectivity index (χ1v) is 6.54. The summed E-state index contributed by atoms with van der Waals surface area (Å²) in [5.74, 6) is -1.16. The number of aryl methyl sites for hydroxylation is 2. The first kappa shape index (κ1) is 14.9. The predicted octanol–water partition coefficient (Wildman–Crippen LogP) is 1.67. The van der Waals surface area contributed by atoms with Crippen molar-refractivity contribution in [2.24, 2.45) is 0 Å². The summed E-state index contributed by atoms with van der Waals surface area (Å²) >= 11 is 0. The molecule has 112 valence electrons. The van der Waals surface area contributed by atoms with Crippen molar-refractivity contribution in [1.29, 1.82) is 0 Å². The Morgan fingerprint density at radius 2 is 1.90 bits per heavy atom. The zero-order chi connectivity index (χ0) is 15.2. The van der Waals surface area contributed by atoms with Crippen molar-refractivity contribution in [2.75, 3.05) is 25.1 Å². The summed E-state index contributed by atoms with van der Waals surface area (Å²) in [6, 6.07) is 5.68. The maximum absolute atomic E-state index is 11.7. The quantitative estimate of drug-likeness (QED) is 0.854. The lowest BCUT2D eigenvalue weighted by molar-refractivity contribution is -0.148. The number of carbonyl (C=O) groups is 2. The summed E-state index contributed by atoms with van der Waals surface area (Å²) in [5, 5.41) is 2.67. The van der Waals surface area contributed by atoms with Crippen LogP contribution in [0.5, 0.6) is 0 Å². The molecule has 1 amide bonds. The van der Waals surface area contributed by atoms with E-state index in [0.717, 1.165) is 11.1 Å². The van der Waals surface area contributed by atoms with Crippen LogP contribution in [0.4, 0.5) is 5.69 Å². The number of esters is 1. The molecule has 1 aromatic carbocycles. The van der Waals surface area contributed by atoms with Gasteiger partial charge in [-0.05, 0) is 37.1 Å². The number of benzene rings is 1. The minimum Gasteiger partial charge on any atom is -0.493 e. The highest BCUT2D eigenvalue weighted by molar-refractivity contribution is 5.94. The molecule has 0 bridgehead atoms. The molecule has 0 unspecified atom stereocenters. The van der Waals surface area contributed by atoms with Crippen LogP contribution in [0.3, 0.4) is 0 Å². The molecule has 1 aromatic rings. The zero-order valence-electron chi connectivity index (χ0n) is 12.0. The Balaban J connectivity index is 1.84. The van der Waals surface area contributed by atoms with Crippen LogP contribution in [0.25, 0.3) is 0 Å². The van der Waals surface area contributed by atoms with Crippen molar-refractivity contribution in [3.05, 3.63) is 41.3 Å². The molecule has 2 rings (SSSR count). The molecule has 1 N–H and O–H groups in total. The van der Waals surface area contributed by atoms with Gasteiger partial charge in [-0.3, -0.25) is 4.79 Å². The van der Waals surface area contributed by atoms with Gasteiger partial charge in [0.15, 0.2) is 6.61 Å². The molecule has 6 nitrogen and oxygen atoms in total. The summed E-state index contributed by atoms with van der Waals surface area (Å²) in [4.78, 5) is 23.3. The van der Waals surface area contributed by atoms with Crippen LogP contribution in [0, 0.1) is 13.8 Å². The Labute approximate surface area is 122 Å². The van der Waals surface area contributed by atoms with Gasteiger partial charge in [0.25, 0.3) is 5.91 Å². The number of rotatable bonds is 4. The molecule has 6 heteroatoms. The van der Waals surface area contributed by atoms with Gasteiger partial charge >= 0.3 is 5.97 Å². The Morgan fingerprint density at radius 1 is 1.19 bits per heavy atom. The zero-order valence-corrected chi connectivity index (χ0v) is 12.0. The van der Waals surface area contributed by atoms with Crippen molar-refractivity contribution in [3.8, 4) is 0 Å². The summed E-state index contributed by atoms with van der Waals surface area (Å²) in [5.41, 5.74) is 2.76.